The maximum absolute atomic E-state index is 6.00. The van der Waals surface area contributed by atoms with E-state index in [9.17, 15) is 0 Å². The first-order chi connectivity index (χ1) is 10.6. The van der Waals surface area contributed by atoms with Gasteiger partial charge in [-0.05, 0) is 99.2 Å². The lowest BCUT2D eigenvalue weighted by Gasteiger charge is -2.60. The molecule has 0 bridgehead atoms. The average Bonchev–Trinajstić information content (AvgIpc) is 2.89. The van der Waals surface area contributed by atoms with Crippen molar-refractivity contribution in [2.24, 2.45) is 34.5 Å². The van der Waals surface area contributed by atoms with Crippen molar-refractivity contribution < 1.29 is 4.74 Å². The molecule has 0 aromatic heterocycles. The summed E-state index contributed by atoms with van der Waals surface area (Å²) in [5, 5.41) is 0. The molecule has 0 radical (unpaired) electrons. The Morgan fingerprint density at radius 2 is 1.77 bits per heavy atom. The third kappa shape index (κ3) is 2.21. The van der Waals surface area contributed by atoms with Gasteiger partial charge in [0, 0.05) is 6.61 Å². The van der Waals surface area contributed by atoms with Crippen LogP contribution in [0, 0.1) is 34.5 Å². The van der Waals surface area contributed by atoms with Crippen LogP contribution in [0.5, 0.6) is 0 Å². The Labute approximate surface area is 137 Å². The van der Waals surface area contributed by atoms with E-state index in [1.165, 1.54) is 57.8 Å². The molecule has 4 aliphatic rings. The van der Waals surface area contributed by atoms with Crippen molar-refractivity contribution in [2.45, 2.75) is 91.1 Å². The predicted molar refractivity (Wildman–Crippen MR) is 91.8 cm³/mol. The van der Waals surface area contributed by atoms with Crippen molar-refractivity contribution in [3.05, 3.63) is 0 Å². The van der Waals surface area contributed by atoms with Crippen molar-refractivity contribution in [1.82, 2.24) is 0 Å². The maximum atomic E-state index is 6.00. The monoisotopic (exact) mass is 304 g/mol. The summed E-state index contributed by atoms with van der Waals surface area (Å²) in [4.78, 5) is 0. The second-order valence-corrected chi connectivity index (χ2v) is 9.59. The highest BCUT2D eigenvalue weighted by Gasteiger charge is 2.57. The molecule has 0 amide bonds. The Balaban J connectivity index is 1.54. The van der Waals surface area contributed by atoms with Crippen molar-refractivity contribution in [1.29, 1.82) is 0 Å². The second-order valence-electron chi connectivity index (χ2n) is 9.59. The van der Waals surface area contributed by atoms with E-state index in [-0.39, 0.29) is 0 Å². The van der Waals surface area contributed by atoms with Gasteiger partial charge >= 0.3 is 0 Å². The fourth-order valence-electron chi connectivity index (χ4n) is 7.60. The summed E-state index contributed by atoms with van der Waals surface area (Å²) in [7, 11) is 0. The van der Waals surface area contributed by atoms with Gasteiger partial charge in [-0.3, -0.25) is 0 Å². The van der Waals surface area contributed by atoms with Gasteiger partial charge in [-0.25, -0.2) is 0 Å². The van der Waals surface area contributed by atoms with Gasteiger partial charge in [0.1, 0.15) is 0 Å². The van der Waals surface area contributed by atoms with E-state index < -0.39 is 0 Å². The molecule has 4 rings (SSSR count). The van der Waals surface area contributed by atoms with Gasteiger partial charge in [0.15, 0.2) is 0 Å². The standard InChI is InChI=1S/C21H36O/c1-4-22-16-9-13-21(3)15(14-16)7-8-17-18-6-5-11-20(18,2)12-10-19(17)21/h15-19H,4-14H2,1-3H3/t15-,16?,17-,18-,19-,20-,21-/m0/s1. The molecule has 1 nitrogen and oxygen atoms in total. The molecule has 0 aliphatic heterocycles. The molecule has 22 heavy (non-hydrogen) atoms. The number of hydrogen-bond acceptors (Lipinski definition) is 1. The van der Waals surface area contributed by atoms with Gasteiger partial charge < -0.3 is 4.74 Å². The molecule has 126 valence electrons. The van der Waals surface area contributed by atoms with Crippen LogP contribution in [0.4, 0.5) is 0 Å². The molecule has 0 saturated heterocycles. The SMILES string of the molecule is CCOC1CC[C@@]2(C)[C@@H](CC[C@H]3[C@@H]4CCC[C@@]4(C)CC[C@@H]32)C1. The van der Waals surface area contributed by atoms with Crippen LogP contribution in [0.2, 0.25) is 0 Å². The smallest absolute Gasteiger partial charge is 0.0578 e. The van der Waals surface area contributed by atoms with Crippen LogP contribution in [-0.4, -0.2) is 12.7 Å². The van der Waals surface area contributed by atoms with Gasteiger partial charge in [-0.2, -0.15) is 0 Å². The molecule has 4 aliphatic carbocycles. The third-order valence-electron chi connectivity index (χ3n) is 8.80. The fraction of sp³-hybridized carbons (Fsp3) is 1.00. The minimum atomic E-state index is 0.569. The van der Waals surface area contributed by atoms with Gasteiger partial charge in [-0.15, -0.1) is 0 Å². The lowest BCUT2D eigenvalue weighted by molar-refractivity contribution is -0.128. The Morgan fingerprint density at radius 1 is 0.909 bits per heavy atom. The van der Waals surface area contributed by atoms with Crippen LogP contribution in [0.15, 0.2) is 0 Å². The van der Waals surface area contributed by atoms with Gasteiger partial charge in [0.2, 0.25) is 0 Å². The highest BCUT2D eigenvalue weighted by molar-refractivity contribution is 5.07. The van der Waals surface area contributed by atoms with Gasteiger partial charge in [0.25, 0.3) is 0 Å². The highest BCUT2D eigenvalue weighted by atomic mass is 16.5. The third-order valence-corrected chi connectivity index (χ3v) is 8.80. The molecule has 7 atom stereocenters. The van der Waals surface area contributed by atoms with Crippen LogP contribution in [0.3, 0.4) is 0 Å². The molecule has 0 heterocycles. The van der Waals surface area contributed by atoms with Crippen molar-refractivity contribution >= 4 is 0 Å². The zero-order chi connectivity index (χ0) is 15.4. The summed E-state index contributed by atoms with van der Waals surface area (Å²) < 4.78 is 6.00. The molecule has 0 spiro atoms. The summed E-state index contributed by atoms with van der Waals surface area (Å²) >= 11 is 0. The van der Waals surface area contributed by atoms with Crippen LogP contribution in [0.1, 0.15) is 85.0 Å². The molecule has 0 aromatic carbocycles. The van der Waals surface area contributed by atoms with Crippen LogP contribution in [-0.2, 0) is 4.74 Å². The molecule has 4 fully saturated rings. The van der Waals surface area contributed by atoms with E-state index in [2.05, 4.69) is 20.8 Å². The van der Waals surface area contributed by atoms with Crippen molar-refractivity contribution in [3.8, 4) is 0 Å². The molecule has 0 N–H and O–H groups in total. The number of ether oxygens (including phenoxy) is 1. The predicted octanol–water partition coefficient (Wildman–Crippen LogP) is 5.82. The van der Waals surface area contributed by atoms with Crippen LogP contribution in [0.25, 0.3) is 0 Å². The Hall–Kier alpha value is -0.0400. The fourth-order valence-corrected chi connectivity index (χ4v) is 7.60. The maximum Gasteiger partial charge on any atom is 0.0578 e. The Bertz CT molecular complexity index is 418. The number of hydrogen-bond donors (Lipinski definition) is 0. The van der Waals surface area contributed by atoms with E-state index >= 15 is 0 Å². The minimum absolute atomic E-state index is 0.569. The topological polar surface area (TPSA) is 9.23 Å². The van der Waals surface area contributed by atoms with Gasteiger partial charge in [-0.1, -0.05) is 20.3 Å². The Morgan fingerprint density at radius 3 is 2.59 bits per heavy atom. The average molecular weight is 305 g/mol. The Kier molecular flexibility index (Phi) is 3.87. The molecule has 1 unspecified atom stereocenters. The summed E-state index contributed by atoms with van der Waals surface area (Å²) in [6.07, 6.45) is 15.3. The van der Waals surface area contributed by atoms with E-state index in [4.69, 9.17) is 4.74 Å². The number of fused-ring (bicyclic) bond motifs is 5. The van der Waals surface area contributed by atoms with E-state index in [1.807, 2.05) is 0 Å². The lowest BCUT2D eigenvalue weighted by Crippen LogP contribution is -2.53. The first-order valence-corrected chi connectivity index (χ1v) is 10.2. The normalized spacial score (nSPS) is 54.4. The molecule has 4 saturated carbocycles. The summed E-state index contributed by atoms with van der Waals surface area (Å²) in [6.45, 7) is 8.36. The lowest BCUT2D eigenvalue weighted by atomic mass is 9.45. The summed E-state index contributed by atoms with van der Waals surface area (Å²) in [5.74, 6) is 4.11. The largest absolute Gasteiger partial charge is 0.378 e. The van der Waals surface area contributed by atoms with Gasteiger partial charge in [0.05, 0.1) is 6.10 Å². The van der Waals surface area contributed by atoms with Crippen LogP contribution < -0.4 is 0 Å². The van der Waals surface area contributed by atoms with E-state index in [0.717, 1.165) is 30.3 Å². The van der Waals surface area contributed by atoms with Crippen molar-refractivity contribution in [3.63, 3.8) is 0 Å². The van der Waals surface area contributed by atoms with E-state index in [0.29, 0.717) is 16.9 Å². The summed E-state index contributed by atoms with van der Waals surface area (Å²) in [5.41, 5.74) is 1.35. The second kappa shape index (κ2) is 5.50. The first kappa shape index (κ1) is 15.5. The molecular weight excluding hydrogens is 268 g/mol. The molecular formula is C21H36O. The molecule has 0 aromatic rings. The zero-order valence-corrected chi connectivity index (χ0v) is 15.1. The van der Waals surface area contributed by atoms with Crippen molar-refractivity contribution in [2.75, 3.05) is 6.61 Å². The first-order valence-electron chi connectivity index (χ1n) is 10.2. The van der Waals surface area contributed by atoms with E-state index in [1.54, 1.807) is 6.42 Å². The number of rotatable bonds is 2. The minimum Gasteiger partial charge on any atom is -0.378 e. The zero-order valence-electron chi connectivity index (χ0n) is 15.1. The highest BCUT2D eigenvalue weighted by Crippen LogP contribution is 2.66. The summed E-state index contributed by atoms with van der Waals surface area (Å²) in [6, 6.07) is 0. The quantitative estimate of drug-likeness (QED) is 0.624. The molecule has 1 heteroatoms. The van der Waals surface area contributed by atoms with Crippen LogP contribution >= 0.6 is 0 Å².